The first-order chi connectivity index (χ1) is 6.29. The molecule has 0 aromatic carbocycles. The van der Waals surface area contributed by atoms with Crippen LogP contribution in [0, 0.1) is 0 Å². The molecule has 0 saturated heterocycles. The Kier molecular flexibility index (Phi) is 3.71. The lowest BCUT2D eigenvalue weighted by Gasteiger charge is -2.17. The van der Waals surface area contributed by atoms with Crippen molar-refractivity contribution >= 4 is 17.2 Å². The fraction of sp³-hybridized carbons (Fsp3) is 0.300. The van der Waals surface area contributed by atoms with E-state index in [2.05, 4.69) is 6.58 Å². The molecule has 0 aliphatic rings. The molecule has 13 heavy (non-hydrogen) atoms. The summed E-state index contributed by atoms with van der Waals surface area (Å²) in [6, 6.07) is 3.73. The SMILES string of the molecule is C=CCN(CC)C(=O)c1cccs1. The first-order valence-electron chi connectivity index (χ1n) is 4.23. The molecule has 0 spiro atoms. The molecule has 1 rings (SSSR count). The Morgan fingerprint density at radius 1 is 1.77 bits per heavy atom. The van der Waals surface area contributed by atoms with Crippen molar-refractivity contribution in [2.75, 3.05) is 13.1 Å². The summed E-state index contributed by atoms with van der Waals surface area (Å²) in [6.45, 7) is 6.93. The molecule has 2 nitrogen and oxygen atoms in total. The highest BCUT2D eigenvalue weighted by molar-refractivity contribution is 7.12. The van der Waals surface area contributed by atoms with Gasteiger partial charge in [0.1, 0.15) is 0 Å². The van der Waals surface area contributed by atoms with Crippen LogP contribution in [0.25, 0.3) is 0 Å². The smallest absolute Gasteiger partial charge is 0.264 e. The third-order valence-corrected chi connectivity index (χ3v) is 2.61. The maximum Gasteiger partial charge on any atom is 0.264 e. The molecule has 1 aromatic heterocycles. The number of thiophene rings is 1. The monoisotopic (exact) mass is 195 g/mol. The lowest BCUT2D eigenvalue weighted by Crippen LogP contribution is -2.30. The van der Waals surface area contributed by atoms with Gasteiger partial charge in [-0.1, -0.05) is 12.1 Å². The zero-order valence-corrected chi connectivity index (χ0v) is 8.51. The van der Waals surface area contributed by atoms with Crippen LogP contribution in [0.1, 0.15) is 16.6 Å². The second-order valence-electron chi connectivity index (χ2n) is 2.61. The first kappa shape index (κ1) is 9.99. The number of hydrogen-bond donors (Lipinski definition) is 0. The summed E-state index contributed by atoms with van der Waals surface area (Å²) in [5.41, 5.74) is 0. The van der Waals surface area contributed by atoms with Gasteiger partial charge in [-0.25, -0.2) is 0 Å². The average molecular weight is 195 g/mol. The predicted molar refractivity (Wildman–Crippen MR) is 56.1 cm³/mol. The van der Waals surface area contributed by atoms with Crippen molar-refractivity contribution in [2.24, 2.45) is 0 Å². The highest BCUT2D eigenvalue weighted by Gasteiger charge is 2.12. The molecular weight excluding hydrogens is 182 g/mol. The fourth-order valence-electron chi connectivity index (χ4n) is 1.07. The maximum atomic E-state index is 11.7. The minimum absolute atomic E-state index is 0.0948. The fourth-order valence-corrected chi connectivity index (χ4v) is 1.76. The second kappa shape index (κ2) is 4.82. The number of carbonyl (C=O) groups excluding carboxylic acids is 1. The molecule has 0 saturated carbocycles. The van der Waals surface area contributed by atoms with Crippen molar-refractivity contribution in [3.05, 3.63) is 35.0 Å². The largest absolute Gasteiger partial charge is 0.335 e. The van der Waals surface area contributed by atoms with E-state index in [0.717, 1.165) is 11.4 Å². The third kappa shape index (κ3) is 2.42. The average Bonchev–Trinajstić information content (AvgIpc) is 2.65. The van der Waals surface area contributed by atoms with Crippen LogP contribution in [0.4, 0.5) is 0 Å². The second-order valence-corrected chi connectivity index (χ2v) is 3.56. The van der Waals surface area contributed by atoms with Gasteiger partial charge in [-0.05, 0) is 18.4 Å². The Hall–Kier alpha value is -1.09. The maximum absolute atomic E-state index is 11.7. The van der Waals surface area contributed by atoms with E-state index in [0.29, 0.717) is 6.54 Å². The van der Waals surface area contributed by atoms with Gasteiger partial charge in [0.2, 0.25) is 0 Å². The molecule has 0 atom stereocenters. The van der Waals surface area contributed by atoms with Crippen molar-refractivity contribution < 1.29 is 4.79 Å². The summed E-state index contributed by atoms with van der Waals surface area (Å²) in [5, 5.41) is 1.91. The number of rotatable bonds is 4. The molecular formula is C10H13NOS. The Balaban J connectivity index is 2.70. The molecule has 70 valence electrons. The van der Waals surface area contributed by atoms with E-state index in [9.17, 15) is 4.79 Å². The minimum atomic E-state index is 0.0948. The molecule has 1 heterocycles. The Bertz CT molecular complexity index is 279. The van der Waals surface area contributed by atoms with Crippen LogP contribution in [-0.2, 0) is 0 Å². The van der Waals surface area contributed by atoms with Crippen LogP contribution in [0.2, 0.25) is 0 Å². The number of likely N-dealkylation sites (N-methyl/N-ethyl adjacent to an activating group) is 1. The first-order valence-corrected chi connectivity index (χ1v) is 5.11. The van der Waals surface area contributed by atoms with Crippen LogP contribution in [0.3, 0.4) is 0 Å². The van der Waals surface area contributed by atoms with Gasteiger partial charge < -0.3 is 4.90 Å². The third-order valence-electron chi connectivity index (χ3n) is 1.75. The van der Waals surface area contributed by atoms with Gasteiger partial charge in [0.05, 0.1) is 4.88 Å². The molecule has 0 aliphatic carbocycles. The number of nitrogens with zero attached hydrogens (tertiary/aromatic N) is 1. The summed E-state index contributed by atoms with van der Waals surface area (Å²) in [6.07, 6.45) is 1.75. The molecule has 0 bridgehead atoms. The minimum Gasteiger partial charge on any atom is -0.335 e. The quantitative estimate of drug-likeness (QED) is 0.675. The van der Waals surface area contributed by atoms with Crippen LogP contribution in [0.15, 0.2) is 30.2 Å². The summed E-state index contributed by atoms with van der Waals surface area (Å²) in [7, 11) is 0. The molecule has 0 radical (unpaired) electrons. The summed E-state index contributed by atoms with van der Waals surface area (Å²) >= 11 is 1.48. The van der Waals surface area contributed by atoms with E-state index in [1.165, 1.54) is 11.3 Å². The van der Waals surface area contributed by atoms with Gasteiger partial charge in [-0.2, -0.15) is 0 Å². The van der Waals surface area contributed by atoms with Crippen molar-refractivity contribution in [3.8, 4) is 0 Å². The van der Waals surface area contributed by atoms with Crippen molar-refractivity contribution in [1.29, 1.82) is 0 Å². The van der Waals surface area contributed by atoms with Crippen molar-refractivity contribution in [3.63, 3.8) is 0 Å². The zero-order valence-electron chi connectivity index (χ0n) is 7.69. The molecule has 0 aliphatic heterocycles. The molecule has 1 amide bonds. The van der Waals surface area contributed by atoms with Crippen molar-refractivity contribution in [2.45, 2.75) is 6.92 Å². The number of hydrogen-bond acceptors (Lipinski definition) is 2. The Morgan fingerprint density at radius 3 is 3.00 bits per heavy atom. The Morgan fingerprint density at radius 2 is 2.54 bits per heavy atom. The molecule has 0 fully saturated rings. The number of amides is 1. The molecule has 1 aromatic rings. The van der Waals surface area contributed by atoms with Gasteiger partial charge in [-0.3, -0.25) is 4.79 Å². The number of carbonyl (C=O) groups is 1. The van der Waals surface area contributed by atoms with Gasteiger partial charge in [0.15, 0.2) is 0 Å². The van der Waals surface area contributed by atoms with Crippen molar-refractivity contribution in [1.82, 2.24) is 4.90 Å². The van der Waals surface area contributed by atoms with E-state index < -0.39 is 0 Å². The van der Waals surface area contributed by atoms with Crippen LogP contribution >= 0.6 is 11.3 Å². The summed E-state index contributed by atoms with van der Waals surface area (Å²) < 4.78 is 0. The van der Waals surface area contributed by atoms with Gasteiger partial charge in [0.25, 0.3) is 5.91 Å². The van der Waals surface area contributed by atoms with Gasteiger partial charge in [0, 0.05) is 13.1 Å². The molecule has 0 unspecified atom stereocenters. The van der Waals surface area contributed by atoms with E-state index in [4.69, 9.17) is 0 Å². The van der Waals surface area contributed by atoms with E-state index >= 15 is 0 Å². The zero-order chi connectivity index (χ0) is 9.68. The Labute approximate surface area is 82.5 Å². The van der Waals surface area contributed by atoms with Gasteiger partial charge in [-0.15, -0.1) is 17.9 Å². The molecule has 3 heteroatoms. The topological polar surface area (TPSA) is 20.3 Å². The summed E-state index contributed by atoms with van der Waals surface area (Å²) in [4.78, 5) is 14.3. The standard InChI is InChI=1S/C10H13NOS/c1-3-7-11(4-2)10(12)9-6-5-8-13-9/h3,5-6,8H,1,4,7H2,2H3. The van der Waals surface area contributed by atoms with Crippen LogP contribution < -0.4 is 0 Å². The van der Waals surface area contributed by atoms with E-state index in [1.807, 2.05) is 24.4 Å². The lowest BCUT2D eigenvalue weighted by atomic mass is 10.4. The summed E-state index contributed by atoms with van der Waals surface area (Å²) in [5.74, 6) is 0.0948. The lowest BCUT2D eigenvalue weighted by molar-refractivity contribution is 0.0787. The van der Waals surface area contributed by atoms with Gasteiger partial charge >= 0.3 is 0 Å². The van der Waals surface area contributed by atoms with Crippen LogP contribution in [-0.4, -0.2) is 23.9 Å². The van der Waals surface area contributed by atoms with E-state index in [1.54, 1.807) is 11.0 Å². The normalized spacial score (nSPS) is 9.62. The highest BCUT2D eigenvalue weighted by Crippen LogP contribution is 2.11. The predicted octanol–water partition coefficient (Wildman–Crippen LogP) is 2.40. The van der Waals surface area contributed by atoms with E-state index in [-0.39, 0.29) is 5.91 Å². The van der Waals surface area contributed by atoms with Crippen LogP contribution in [0.5, 0.6) is 0 Å². The molecule has 0 N–H and O–H groups in total. The highest BCUT2D eigenvalue weighted by atomic mass is 32.1.